The van der Waals surface area contributed by atoms with Crippen molar-refractivity contribution < 1.29 is 0 Å². The molecule has 0 unspecified atom stereocenters. The number of benzene rings is 1. The molecule has 0 radical (unpaired) electrons. The van der Waals surface area contributed by atoms with E-state index in [0.29, 0.717) is 10.0 Å². The van der Waals surface area contributed by atoms with E-state index in [-0.39, 0.29) is 0 Å². The highest BCUT2D eigenvalue weighted by Crippen LogP contribution is 2.28. The zero-order valence-electron chi connectivity index (χ0n) is 9.09. The number of hydrogen-bond acceptors (Lipinski definition) is 1. The van der Waals surface area contributed by atoms with Crippen LogP contribution in [0.15, 0.2) is 30.5 Å². The number of rotatable bonds is 1. The largest absolute Gasteiger partial charge is 0.256 e. The normalized spacial score (nSPS) is 10.5. The van der Waals surface area contributed by atoms with Crippen molar-refractivity contribution in [1.82, 2.24) is 4.98 Å². The van der Waals surface area contributed by atoms with Crippen molar-refractivity contribution in [3.05, 3.63) is 51.6 Å². The molecule has 1 nitrogen and oxygen atoms in total. The van der Waals surface area contributed by atoms with Crippen molar-refractivity contribution in [2.45, 2.75) is 13.8 Å². The van der Waals surface area contributed by atoms with Crippen LogP contribution >= 0.6 is 23.2 Å². The SMILES string of the molecule is Cc1cnc(-c2cc(Cl)cc(Cl)c2)c(C)c1. The first kappa shape index (κ1) is 11.4. The van der Waals surface area contributed by atoms with Gasteiger partial charge in [0.2, 0.25) is 0 Å². The fraction of sp³-hybridized carbons (Fsp3) is 0.154. The second kappa shape index (κ2) is 4.44. The quantitative estimate of drug-likeness (QED) is 0.718. The lowest BCUT2D eigenvalue weighted by atomic mass is 10.1. The number of pyridine rings is 1. The van der Waals surface area contributed by atoms with Gasteiger partial charge in [0.15, 0.2) is 0 Å². The van der Waals surface area contributed by atoms with Gasteiger partial charge in [0, 0.05) is 21.8 Å². The topological polar surface area (TPSA) is 12.9 Å². The molecule has 1 aromatic carbocycles. The minimum absolute atomic E-state index is 0.629. The lowest BCUT2D eigenvalue weighted by molar-refractivity contribution is 1.22. The van der Waals surface area contributed by atoms with Crippen LogP contribution in [0, 0.1) is 13.8 Å². The molecule has 0 spiro atoms. The van der Waals surface area contributed by atoms with Crippen LogP contribution in [0.4, 0.5) is 0 Å². The van der Waals surface area contributed by atoms with E-state index in [1.54, 1.807) is 6.07 Å². The van der Waals surface area contributed by atoms with Crippen molar-refractivity contribution in [2.75, 3.05) is 0 Å². The smallest absolute Gasteiger partial charge is 0.0732 e. The Kier molecular flexibility index (Phi) is 3.17. The maximum Gasteiger partial charge on any atom is 0.0732 e. The molecule has 0 N–H and O–H groups in total. The lowest BCUT2D eigenvalue weighted by Crippen LogP contribution is -1.89. The van der Waals surface area contributed by atoms with E-state index >= 15 is 0 Å². The summed E-state index contributed by atoms with van der Waals surface area (Å²) in [6, 6.07) is 7.56. The average Bonchev–Trinajstić information content (AvgIpc) is 2.15. The lowest BCUT2D eigenvalue weighted by Gasteiger charge is -2.07. The summed E-state index contributed by atoms with van der Waals surface area (Å²) in [6.45, 7) is 4.05. The Balaban J connectivity index is 2.58. The maximum absolute atomic E-state index is 5.97. The standard InChI is InChI=1S/C13H11Cl2N/c1-8-3-9(2)13(16-7-8)10-4-11(14)6-12(15)5-10/h3-7H,1-2H3. The first-order valence-corrected chi connectivity index (χ1v) is 5.71. The Bertz CT molecular complexity index is 515. The molecule has 2 aromatic rings. The minimum Gasteiger partial charge on any atom is -0.256 e. The fourth-order valence-corrected chi connectivity index (χ4v) is 2.23. The Hall–Kier alpha value is -1.05. The molecule has 2 rings (SSSR count). The summed E-state index contributed by atoms with van der Waals surface area (Å²) in [5.74, 6) is 0. The van der Waals surface area contributed by atoms with Gasteiger partial charge in [-0.1, -0.05) is 29.3 Å². The summed E-state index contributed by atoms with van der Waals surface area (Å²) in [6.07, 6.45) is 1.84. The van der Waals surface area contributed by atoms with Gasteiger partial charge in [-0.05, 0) is 43.2 Å². The molecule has 0 bridgehead atoms. The van der Waals surface area contributed by atoms with E-state index in [0.717, 1.165) is 22.4 Å². The van der Waals surface area contributed by atoms with E-state index in [4.69, 9.17) is 23.2 Å². The number of nitrogens with zero attached hydrogens (tertiary/aromatic N) is 1. The van der Waals surface area contributed by atoms with Gasteiger partial charge in [0.1, 0.15) is 0 Å². The molecule has 82 valence electrons. The number of aryl methyl sites for hydroxylation is 2. The van der Waals surface area contributed by atoms with Gasteiger partial charge < -0.3 is 0 Å². The molecule has 16 heavy (non-hydrogen) atoms. The molecule has 0 saturated heterocycles. The van der Waals surface area contributed by atoms with Crippen molar-refractivity contribution >= 4 is 23.2 Å². The van der Waals surface area contributed by atoms with E-state index in [1.807, 2.05) is 32.2 Å². The van der Waals surface area contributed by atoms with Crippen LogP contribution in [-0.2, 0) is 0 Å². The van der Waals surface area contributed by atoms with Crippen LogP contribution in [0.2, 0.25) is 10.0 Å². The van der Waals surface area contributed by atoms with Crippen LogP contribution in [0.25, 0.3) is 11.3 Å². The monoisotopic (exact) mass is 251 g/mol. The number of aromatic nitrogens is 1. The Morgan fingerprint density at radius 3 is 2.12 bits per heavy atom. The van der Waals surface area contributed by atoms with Crippen molar-refractivity contribution in [3.63, 3.8) is 0 Å². The average molecular weight is 252 g/mol. The van der Waals surface area contributed by atoms with Crippen molar-refractivity contribution in [1.29, 1.82) is 0 Å². The second-order valence-electron chi connectivity index (χ2n) is 3.84. The van der Waals surface area contributed by atoms with Crippen LogP contribution in [0.1, 0.15) is 11.1 Å². The Morgan fingerprint density at radius 2 is 1.56 bits per heavy atom. The highest BCUT2D eigenvalue weighted by Gasteiger charge is 2.05. The summed E-state index contributed by atoms with van der Waals surface area (Å²) in [4.78, 5) is 4.41. The van der Waals surface area contributed by atoms with Crippen LogP contribution < -0.4 is 0 Å². The molecule has 0 aliphatic rings. The van der Waals surface area contributed by atoms with Crippen LogP contribution in [0.5, 0.6) is 0 Å². The molecular formula is C13H11Cl2N. The third-order valence-electron chi connectivity index (χ3n) is 2.35. The summed E-state index contributed by atoms with van der Waals surface area (Å²) in [5, 5.41) is 1.26. The molecule has 0 atom stereocenters. The highest BCUT2D eigenvalue weighted by molar-refractivity contribution is 6.35. The zero-order chi connectivity index (χ0) is 11.7. The van der Waals surface area contributed by atoms with E-state index < -0.39 is 0 Å². The van der Waals surface area contributed by atoms with Gasteiger partial charge in [-0.3, -0.25) is 4.98 Å². The molecule has 1 aromatic heterocycles. The first-order valence-electron chi connectivity index (χ1n) is 4.96. The minimum atomic E-state index is 0.629. The van der Waals surface area contributed by atoms with Crippen LogP contribution in [-0.4, -0.2) is 4.98 Å². The van der Waals surface area contributed by atoms with Gasteiger partial charge in [-0.2, -0.15) is 0 Å². The third kappa shape index (κ3) is 2.37. The van der Waals surface area contributed by atoms with Crippen LogP contribution in [0.3, 0.4) is 0 Å². The third-order valence-corrected chi connectivity index (χ3v) is 2.79. The van der Waals surface area contributed by atoms with Gasteiger partial charge in [0.25, 0.3) is 0 Å². The molecule has 3 heteroatoms. The predicted octanol–water partition coefficient (Wildman–Crippen LogP) is 4.67. The van der Waals surface area contributed by atoms with Crippen molar-refractivity contribution in [2.24, 2.45) is 0 Å². The molecule has 1 heterocycles. The maximum atomic E-state index is 5.97. The highest BCUT2D eigenvalue weighted by atomic mass is 35.5. The molecule has 0 aliphatic heterocycles. The van der Waals surface area contributed by atoms with Gasteiger partial charge in [0.05, 0.1) is 5.69 Å². The Labute approximate surface area is 105 Å². The zero-order valence-corrected chi connectivity index (χ0v) is 10.6. The summed E-state index contributed by atoms with van der Waals surface area (Å²) >= 11 is 11.9. The molecule has 0 amide bonds. The number of halogens is 2. The summed E-state index contributed by atoms with van der Waals surface area (Å²) in [7, 11) is 0. The molecule has 0 saturated carbocycles. The summed E-state index contributed by atoms with van der Waals surface area (Å²) in [5.41, 5.74) is 4.15. The fourth-order valence-electron chi connectivity index (χ4n) is 1.71. The van der Waals surface area contributed by atoms with E-state index in [1.165, 1.54) is 0 Å². The molecular weight excluding hydrogens is 241 g/mol. The Morgan fingerprint density at radius 1 is 0.938 bits per heavy atom. The number of hydrogen-bond donors (Lipinski definition) is 0. The predicted molar refractivity (Wildman–Crippen MR) is 69.2 cm³/mol. The van der Waals surface area contributed by atoms with Gasteiger partial charge in [-0.15, -0.1) is 0 Å². The van der Waals surface area contributed by atoms with Crippen molar-refractivity contribution in [3.8, 4) is 11.3 Å². The summed E-state index contributed by atoms with van der Waals surface area (Å²) < 4.78 is 0. The molecule has 0 aliphatic carbocycles. The van der Waals surface area contributed by atoms with E-state index in [2.05, 4.69) is 11.1 Å². The van der Waals surface area contributed by atoms with Gasteiger partial charge >= 0.3 is 0 Å². The first-order chi connectivity index (χ1) is 7.56. The second-order valence-corrected chi connectivity index (χ2v) is 4.71. The molecule has 0 fully saturated rings. The van der Waals surface area contributed by atoms with E-state index in [9.17, 15) is 0 Å². The van der Waals surface area contributed by atoms with Gasteiger partial charge in [-0.25, -0.2) is 0 Å².